The van der Waals surface area contributed by atoms with Crippen molar-refractivity contribution in [2.24, 2.45) is 0 Å². The lowest BCUT2D eigenvalue weighted by molar-refractivity contribution is 0.200. The van der Waals surface area contributed by atoms with Gasteiger partial charge in [0.1, 0.15) is 23.1 Å². The monoisotopic (exact) mass is 286 g/mol. The van der Waals surface area contributed by atoms with Gasteiger partial charge in [0.2, 0.25) is 0 Å². The molecule has 0 aliphatic heterocycles. The van der Waals surface area contributed by atoms with Gasteiger partial charge in [0.05, 0.1) is 12.7 Å². The van der Waals surface area contributed by atoms with Crippen LogP contribution in [0.25, 0.3) is 0 Å². The Morgan fingerprint density at radius 2 is 1.95 bits per heavy atom. The summed E-state index contributed by atoms with van der Waals surface area (Å²) >= 11 is 0. The number of nitriles is 1. The highest BCUT2D eigenvalue weighted by atomic mass is 16.5. The van der Waals surface area contributed by atoms with Crippen molar-refractivity contribution in [2.75, 3.05) is 6.61 Å². The van der Waals surface area contributed by atoms with Crippen LogP contribution in [0.5, 0.6) is 11.5 Å². The first-order chi connectivity index (χ1) is 10.2. The number of hydrogen-bond donors (Lipinski definition) is 1. The first-order valence-corrected chi connectivity index (χ1v) is 7.81. The van der Waals surface area contributed by atoms with Crippen molar-refractivity contribution >= 4 is 0 Å². The van der Waals surface area contributed by atoms with E-state index in [0.717, 1.165) is 30.8 Å². The molecule has 0 spiro atoms. The highest BCUT2D eigenvalue weighted by Gasteiger charge is 2.43. The smallest absolute Gasteiger partial charge is 0.119 e. The molecule has 2 aliphatic rings. The van der Waals surface area contributed by atoms with Gasteiger partial charge in [-0.05, 0) is 56.9 Å². The molecule has 0 amide bonds. The molecule has 112 valence electrons. The molecule has 0 saturated heterocycles. The standard InChI is InChI=1S/C17H22N2O2/c1-2-20-14-5-7-15(8-6-14)21-16-9-10-17(11-16,12-18)19-13-3-4-13/h5-8,13,16,19H,2-4,9-11H2,1H3. The van der Waals surface area contributed by atoms with E-state index in [-0.39, 0.29) is 11.6 Å². The van der Waals surface area contributed by atoms with Crippen molar-refractivity contribution < 1.29 is 9.47 Å². The maximum absolute atomic E-state index is 9.49. The van der Waals surface area contributed by atoms with Crippen LogP contribution in [0.3, 0.4) is 0 Å². The minimum atomic E-state index is -0.378. The van der Waals surface area contributed by atoms with E-state index in [1.54, 1.807) is 0 Å². The van der Waals surface area contributed by atoms with E-state index in [0.29, 0.717) is 12.6 Å². The van der Waals surface area contributed by atoms with E-state index in [9.17, 15) is 5.26 Å². The molecule has 1 aromatic carbocycles. The second-order valence-electron chi connectivity index (χ2n) is 6.00. The summed E-state index contributed by atoms with van der Waals surface area (Å²) in [7, 11) is 0. The van der Waals surface area contributed by atoms with E-state index >= 15 is 0 Å². The zero-order valence-electron chi connectivity index (χ0n) is 12.5. The van der Waals surface area contributed by atoms with E-state index in [2.05, 4.69) is 11.4 Å². The Labute approximate surface area is 126 Å². The van der Waals surface area contributed by atoms with Crippen LogP contribution in [0.15, 0.2) is 24.3 Å². The average molecular weight is 286 g/mol. The first kappa shape index (κ1) is 14.2. The van der Waals surface area contributed by atoms with Crippen LogP contribution in [0.1, 0.15) is 39.0 Å². The highest BCUT2D eigenvalue weighted by molar-refractivity contribution is 5.31. The predicted molar refractivity (Wildman–Crippen MR) is 80.4 cm³/mol. The molecule has 1 N–H and O–H groups in total. The SMILES string of the molecule is CCOc1ccc(OC2CCC(C#N)(NC3CC3)C2)cc1. The van der Waals surface area contributed by atoms with Crippen molar-refractivity contribution in [1.29, 1.82) is 5.26 Å². The van der Waals surface area contributed by atoms with Gasteiger partial charge in [0.15, 0.2) is 0 Å². The number of benzene rings is 1. The summed E-state index contributed by atoms with van der Waals surface area (Å²) in [6.45, 7) is 2.64. The Morgan fingerprint density at radius 3 is 2.57 bits per heavy atom. The van der Waals surface area contributed by atoms with Crippen molar-refractivity contribution in [1.82, 2.24) is 5.32 Å². The van der Waals surface area contributed by atoms with Gasteiger partial charge in [0.25, 0.3) is 0 Å². The van der Waals surface area contributed by atoms with Crippen LogP contribution in [0.4, 0.5) is 0 Å². The Kier molecular flexibility index (Phi) is 4.03. The van der Waals surface area contributed by atoms with E-state index < -0.39 is 0 Å². The third-order valence-corrected chi connectivity index (χ3v) is 4.18. The van der Waals surface area contributed by atoms with Crippen LogP contribution < -0.4 is 14.8 Å². The zero-order chi connectivity index (χ0) is 14.7. The summed E-state index contributed by atoms with van der Waals surface area (Å²) in [5, 5.41) is 13.0. The van der Waals surface area contributed by atoms with Gasteiger partial charge in [0, 0.05) is 12.5 Å². The molecule has 0 radical (unpaired) electrons. The van der Waals surface area contributed by atoms with Crippen LogP contribution in [-0.2, 0) is 0 Å². The molecule has 2 aliphatic carbocycles. The molecule has 2 fully saturated rings. The summed E-state index contributed by atoms with van der Waals surface area (Å²) < 4.78 is 11.4. The molecule has 0 bridgehead atoms. The average Bonchev–Trinajstić information content (AvgIpc) is 3.21. The molecule has 4 nitrogen and oxygen atoms in total. The maximum atomic E-state index is 9.49. The Morgan fingerprint density at radius 1 is 1.24 bits per heavy atom. The molecule has 4 heteroatoms. The quantitative estimate of drug-likeness (QED) is 0.873. The van der Waals surface area contributed by atoms with Crippen molar-refractivity contribution in [3.8, 4) is 17.6 Å². The molecule has 21 heavy (non-hydrogen) atoms. The van der Waals surface area contributed by atoms with Gasteiger partial charge >= 0.3 is 0 Å². The summed E-state index contributed by atoms with van der Waals surface area (Å²) in [5.41, 5.74) is -0.378. The first-order valence-electron chi connectivity index (χ1n) is 7.81. The normalized spacial score (nSPS) is 28.1. The molecule has 2 saturated carbocycles. The molecule has 0 heterocycles. The van der Waals surface area contributed by atoms with Gasteiger partial charge in [-0.25, -0.2) is 0 Å². The maximum Gasteiger partial charge on any atom is 0.119 e. The minimum Gasteiger partial charge on any atom is -0.494 e. The number of rotatable bonds is 6. The Balaban J connectivity index is 1.57. The second kappa shape index (κ2) is 5.95. The lowest BCUT2D eigenvalue weighted by atomic mass is 9.99. The summed E-state index contributed by atoms with van der Waals surface area (Å²) in [6.07, 6.45) is 5.10. The number of nitrogens with zero attached hydrogens (tertiary/aromatic N) is 1. The van der Waals surface area contributed by atoms with E-state index in [1.807, 2.05) is 31.2 Å². The lowest BCUT2D eigenvalue weighted by Crippen LogP contribution is -2.43. The molecule has 2 atom stereocenters. The van der Waals surface area contributed by atoms with Gasteiger partial charge in [-0.1, -0.05) is 0 Å². The van der Waals surface area contributed by atoms with Crippen LogP contribution in [0.2, 0.25) is 0 Å². The number of nitrogens with one attached hydrogen (secondary N) is 1. The van der Waals surface area contributed by atoms with Gasteiger partial charge in [-0.15, -0.1) is 0 Å². The van der Waals surface area contributed by atoms with Crippen molar-refractivity contribution in [3.63, 3.8) is 0 Å². The molecule has 1 aromatic rings. The third kappa shape index (κ3) is 3.48. The summed E-state index contributed by atoms with van der Waals surface area (Å²) in [4.78, 5) is 0. The predicted octanol–water partition coefficient (Wildman–Crippen LogP) is 3.03. The molecule has 0 aromatic heterocycles. The molecular weight excluding hydrogens is 264 g/mol. The minimum absolute atomic E-state index is 0.119. The molecule has 3 rings (SSSR count). The molecular formula is C17H22N2O2. The Hall–Kier alpha value is -1.73. The van der Waals surface area contributed by atoms with Crippen LogP contribution in [-0.4, -0.2) is 24.3 Å². The Bertz CT molecular complexity index is 519. The van der Waals surface area contributed by atoms with Crippen LogP contribution >= 0.6 is 0 Å². The largest absolute Gasteiger partial charge is 0.494 e. The van der Waals surface area contributed by atoms with Crippen LogP contribution in [0, 0.1) is 11.3 Å². The molecule has 2 unspecified atom stereocenters. The van der Waals surface area contributed by atoms with E-state index in [1.165, 1.54) is 12.8 Å². The fraction of sp³-hybridized carbons (Fsp3) is 0.588. The topological polar surface area (TPSA) is 54.3 Å². The lowest BCUT2D eigenvalue weighted by Gasteiger charge is -2.22. The fourth-order valence-electron chi connectivity index (χ4n) is 2.96. The third-order valence-electron chi connectivity index (χ3n) is 4.18. The number of hydrogen-bond acceptors (Lipinski definition) is 4. The van der Waals surface area contributed by atoms with Crippen molar-refractivity contribution in [2.45, 2.75) is 56.7 Å². The second-order valence-corrected chi connectivity index (χ2v) is 6.00. The van der Waals surface area contributed by atoms with E-state index in [4.69, 9.17) is 9.47 Å². The highest BCUT2D eigenvalue weighted by Crippen LogP contribution is 2.35. The zero-order valence-corrected chi connectivity index (χ0v) is 12.5. The van der Waals surface area contributed by atoms with Gasteiger partial charge in [-0.2, -0.15) is 5.26 Å². The van der Waals surface area contributed by atoms with Crippen molar-refractivity contribution in [3.05, 3.63) is 24.3 Å². The summed E-state index contributed by atoms with van der Waals surface area (Å²) in [5.74, 6) is 1.71. The van der Waals surface area contributed by atoms with Gasteiger partial charge in [-0.3, -0.25) is 5.32 Å². The fourth-order valence-corrected chi connectivity index (χ4v) is 2.96. The summed E-state index contributed by atoms with van der Waals surface area (Å²) in [6, 6.07) is 10.8. The number of ether oxygens (including phenoxy) is 2. The van der Waals surface area contributed by atoms with Gasteiger partial charge < -0.3 is 9.47 Å².